The highest BCUT2D eigenvalue weighted by atomic mass is 35.5. The summed E-state index contributed by atoms with van der Waals surface area (Å²) in [7, 11) is 0. The van der Waals surface area contributed by atoms with Gasteiger partial charge in [0.25, 0.3) is 0 Å². The fourth-order valence-corrected chi connectivity index (χ4v) is 1.99. The molecule has 0 aliphatic carbocycles. The summed E-state index contributed by atoms with van der Waals surface area (Å²) in [5.74, 6) is 2.66. The van der Waals surface area contributed by atoms with Crippen LogP contribution in [0.4, 0.5) is 0 Å². The first-order valence-corrected chi connectivity index (χ1v) is 6.29. The van der Waals surface area contributed by atoms with E-state index in [1.54, 1.807) is 0 Å². The van der Waals surface area contributed by atoms with Gasteiger partial charge < -0.3 is 4.57 Å². The highest BCUT2D eigenvalue weighted by molar-refractivity contribution is 6.16. The van der Waals surface area contributed by atoms with E-state index in [0.717, 1.165) is 23.8 Å². The van der Waals surface area contributed by atoms with Gasteiger partial charge in [-0.25, -0.2) is 0 Å². The van der Waals surface area contributed by atoms with E-state index in [4.69, 9.17) is 11.6 Å². The standard InChI is InChI=1S/C13H16ClN3/c1-10(2)9-17-12(8-14)15-16-13(17)11-6-4-3-5-7-11/h3-7,10H,8-9H2,1-2H3. The molecule has 2 aromatic rings. The number of hydrogen-bond donors (Lipinski definition) is 0. The summed E-state index contributed by atoms with van der Waals surface area (Å²) in [5.41, 5.74) is 1.08. The van der Waals surface area contributed by atoms with Crippen LogP contribution in [0, 0.1) is 5.92 Å². The number of aromatic nitrogens is 3. The molecule has 0 fully saturated rings. The molecule has 0 saturated carbocycles. The molecule has 0 aliphatic heterocycles. The van der Waals surface area contributed by atoms with Crippen LogP contribution >= 0.6 is 11.6 Å². The Kier molecular flexibility index (Phi) is 3.79. The molecule has 90 valence electrons. The summed E-state index contributed by atoms with van der Waals surface area (Å²) in [4.78, 5) is 0. The quantitative estimate of drug-likeness (QED) is 0.778. The molecule has 1 heterocycles. The number of halogens is 1. The van der Waals surface area contributed by atoms with Crippen LogP contribution in [-0.2, 0) is 12.4 Å². The van der Waals surface area contributed by atoms with Gasteiger partial charge >= 0.3 is 0 Å². The predicted molar refractivity (Wildman–Crippen MR) is 69.9 cm³/mol. The molecule has 0 bridgehead atoms. The molecular weight excluding hydrogens is 234 g/mol. The molecule has 0 atom stereocenters. The molecule has 17 heavy (non-hydrogen) atoms. The Morgan fingerprint density at radius 1 is 1.18 bits per heavy atom. The molecule has 0 N–H and O–H groups in total. The minimum absolute atomic E-state index is 0.395. The van der Waals surface area contributed by atoms with Crippen LogP contribution in [0.1, 0.15) is 19.7 Å². The summed E-state index contributed by atoms with van der Waals surface area (Å²) < 4.78 is 2.10. The molecule has 1 aromatic carbocycles. The second kappa shape index (κ2) is 5.32. The van der Waals surface area contributed by atoms with Gasteiger partial charge in [0.2, 0.25) is 0 Å². The monoisotopic (exact) mass is 249 g/mol. The van der Waals surface area contributed by atoms with Crippen molar-refractivity contribution in [3.8, 4) is 11.4 Å². The van der Waals surface area contributed by atoms with Crippen molar-refractivity contribution in [2.75, 3.05) is 0 Å². The van der Waals surface area contributed by atoms with E-state index in [2.05, 4.69) is 28.6 Å². The third kappa shape index (κ3) is 2.67. The largest absolute Gasteiger partial charge is 0.310 e. The first kappa shape index (κ1) is 12.1. The van der Waals surface area contributed by atoms with Crippen LogP contribution in [0.15, 0.2) is 30.3 Å². The summed E-state index contributed by atoms with van der Waals surface area (Å²) in [6.45, 7) is 5.23. The zero-order valence-corrected chi connectivity index (χ0v) is 10.9. The minimum Gasteiger partial charge on any atom is -0.310 e. The van der Waals surface area contributed by atoms with Gasteiger partial charge in [0.1, 0.15) is 5.82 Å². The molecule has 0 saturated heterocycles. The topological polar surface area (TPSA) is 30.7 Å². The van der Waals surface area contributed by atoms with Crippen LogP contribution < -0.4 is 0 Å². The van der Waals surface area contributed by atoms with Gasteiger partial charge in [-0.15, -0.1) is 21.8 Å². The second-order valence-corrected chi connectivity index (χ2v) is 4.71. The van der Waals surface area contributed by atoms with Crippen LogP contribution in [0.5, 0.6) is 0 Å². The van der Waals surface area contributed by atoms with Crippen LogP contribution in [0.25, 0.3) is 11.4 Å². The molecule has 3 nitrogen and oxygen atoms in total. The van der Waals surface area contributed by atoms with E-state index in [-0.39, 0.29) is 0 Å². The molecule has 2 rings (SSSR count). The second-order valence-electron chi connectivity index (χ2n) is 4.44. The van der Waals surface area contributed by atoms with Crippen LogP contribution in [0.2, 0.25) is 0 Å². The van der Waals surface area contributed by atoms with Crippen molar-refractivity contribution in [2.24, 2.45) is 5.92 Å². The summed E-state index contributed by atoms with van der Waals surface area (Å²) >= 11 is 5.89. The van der Waals surface area contributed by atoms with E-state index in [0.29, 0.717) is 11.8 Å². The Morgan fingerprint density at radius 3 is 2.47 bits per heavy atom. The summed E-state index contributed by atoms with van der Waals surface area (Å²) in [6, 6.07) is 10.1. The maximum Gasteiger partial charge on any atom is 0.163 e. The summed E-state index contributed by atoms with van der Waals surface area (Å²) in [5, 5.41) is 8.38. The Hall–Kier alpha value is -1.35. The van der Waals surface area contributed by atoms with E-state index in [9.17, 15) is 0 Å². The Labute approximate surface area is 106 Å². The van der Waals surface area contributed by atoms with Crippen LogP contribution in [0.3, 0.4) is 0 Å². The van der Waals surface area contributed by atoms with Crippen molar-refractivity contribution < 1.29 is 0 Å². The lowest BCUT2D eigenvalue weighted by atomic mass is 10.2. The average Bonchev–Trinajstić information content (AvgIpc) is 2.72. The number of alkyl halides is 1. The molecule has 1 aromatic heterocycles. The zero-order valence-electron chi connectivity index (χ0n) is 10.1. The number of rotatable bonds is 4. The fourth-order valence-electron chi connectivity index (χ4n) is 1.79. The smallest absolute Gasteiger partial charge is 0.163 e. The molecule has 0 unspecified atom stereocenters. The Balaban J connectivity index is 2.44. The molecule has 0 aliphatic rings. The highest BCUT2D eigenvalue weighted by Gasteiger charge is 2.13. The molecule has 4 heteroatoms. The predicted octanol–water partition coefficient (Wildman–Crippen LogP) is 3.34. The highest BCUT2D eigenvalue weighted by Crippen LogP contribution is 2.20. The third-order valence-corrected chi connectivity index (χ3v) is 2.77. The molecule has 0 spiro atoms. The van der Waals surface area contributed by atoms with Crippen molar-refractivity contribution in [3.05, 3.63) is 36.2 Å². The SMILES string of the molecule is CC(C)Cn1c(CCl)nnc1-c1ccccc1. The maximum absolute atomic E-state index is 5.89. The number of benzene rings is 1. The molecule has 0 amide bonds. The first-order valence-electron chi connectivity index (χ1n) is 5.76. The maximum atomic E-state index is 5.89. The lowest BCUT2D eigenvalue weighted by Crippen LogP contribution is -2.09. The summed E-state index contributed by atoms with van der Waals surface area (Å²) in [6.07, 6.45) is 0. The Morgan fingerprint density at radius 2 is 1.88 bits per heavy atom. The van der Waals surface area contributed by atoms with Gasteiger partial charge in [0.15, 0.2) is 5.82 Å². The van der Waals surface area contributed by atoms with Crippen molar-refractivity contribution >= 4 is 11.6 Å². The van der Waals surface area contributed by atoms with Crippen molar-refractivity contribution in [1.82, 2.24) is 14.8 Å². The average molecular weight is 250 g/mol. The lowest BCUT2D eigenvalue weighted by Gasteiger charge is -2.11. The van der Waals surface area contributed by atoms with Gasteiger partial charge in [0, 0.05) is 12.1 Å². The van der Waals surface area contributed by atoms with Crippen molar-refractivity contribution in [2.45, 2.75) is 26.3 Å². The molecule has 0 radical (unpaired) electrons. The lowest BCUT2D eigenvalue weighted by molar-refractivity contribution is 0.515. The van der Waals surface area contributed by atoms with Crippen molar-refractivity contribution in [1.29, 1.82) is 0 Å². The normalized spacial score (nSPS) is 11.1. The number of hydrogen-bond acceptors (Lipinski definition) is 2. The van der Waals surface area contributed by atoms with E-state index >= 15 is 0 Å². The van der Waals surface area contributed by atoms with Crippen molar-refractivity contribution in [3.63, 3.8) is 0 Å². The Bertz CT molecular complexity index is 477. The zero-order chi connectivity index (χ0) is 12.3. The first-order chi connectivity index (χ1) is 8.22. The van der Waals surface area contributed by atoms with Gasteiger partial charge in [-0.2, -0.15) is 0 Å². The third-order valence-electron chi connectivity index (χ3n) is 2.53. The van der Waals surface area contributed by atoms with Gasteiger partial charge in [0.05, 0.1) is 5.88 Å². The minimum atomic E-state index is 0.395. The number of nitrogens with zero attached hydrogens (tertiary/aromatic N) is 3. The van der Waals surface area contributed by atoms with Gasteiger partial charge in [-0.3, -0.25) is 0 Å². The molecular formula is C13H16ClN3. The van der Waals surface area contributed by atoms with E-state index < -0.39 is 0 Å². The van der Waals surface area contributed by atoms with Crippen LogP contribution in [-0.4, -0.2) is 14.8 Å². The van der Waals surface area contributed by atoms with Gasteiger partial charge in [-0.05, 0) is 5.92 Å². The van der Waals surface area contributed by atoms with E-state index in [1.807, 2.05) is 30.3 Å². The fraction of sp³-hybridized carbons (Fsp3) is 0.385. The van der Waals surface area contributed by atoms with E-state index in [1.165, 1.54) is 0 Å². The van der Waals surface area contributed by atoms with Gasteiger partial charge in [-0.1, -0.05) is 44.2 Å².